The topological polar surface area (TPSA) is 58.5 Å². The highest BCUT2D eigenvalue weighted by molar-refractivity contribution is 14.0. The van der Waals surface area contributed by atoms with E-state index in [9.17, 15) is 4.39 Å². The predicted molar refractivity (Wildman–Crippen MR) is 104 cm³/mol. The van der Waals surface area contributed by atoms with Crippen molar-refractivity contribution in [2.45, 2.75) is 20.0 Å². The Morgan fingerprint density at radius 1 is 1.21 bits per heavy atom. The molecule has 1 aromatic heterocycles. The van der Waals surface area contributed by atoms with E-state index in [1.807, 2.05) is 18.2 Å². The minimum absolute atomic E-state index is 0. The second kappa shape index (κ2) is 10.1. The Labute approximate surface area is 158 Å². The molecule has 5 nitrogen and oxygen atoms in total. The van der Waals surface area contributed by atoms with Crippen LogP contribution in [0, 0.1) is 12.7 Å². The van der Waals surface area contributed by atoms with Crippen LogP contribution in [0.25, 0.3) is 0 Å². The van der Waals surface area contributed by atoms with Gasteiger partial charge in [-0.25, -0.2) is 9.37 Å². The second-order valence-corrected chi connectivity index (χ2v) is 5.03. The van der Waals surface area contributed by atoms with Crippen LogP contribution in [0.4, 0.5) is 4.39 Å². The number of aromatic nitrogens is 1. The Kier molecular flexibility index (Phi) is 8.45. The maximum atomic E-state index is 13.3. The molecule has 0 fully saturated rings. The number of rotatable bonds is 5. The lowest BCUT2D eigenvalue weighted by Gasteiger charge is -2.12. The zero-order chi connectivity index (χ0) is 16.7. The summed E-state index contributed by atoms with van der Waals surface area (Å²) >= 11 is 0. The smallest absolute Gasteiger partial charge is 0.213 e. The molecule has 0 amide bonds. The van der Waals surface area contributed by atoms with Gasteiger partial charge in [0.25, 0.3) is 0 Å². The molecule has 2 N–H and O–H groups in total. The van der Waals surface area contributed by atoms with Crippen LogP contribution in [0.15, 0.2) is 41.4 Å². The summed E-state index contributed by atoms with van der Waals surface area (Å²) in [5.41, 5.74) is 2.48. The standard InChI is InChI=1S/C17H21FN4O.HI/c1-12-9-13(7-8-15(12)18)10-20-17(19-2)21-11-14-5-4-6-16(22-14)23-3;/h4-9H,10-11H2,1-3H3,(H2,19,20,21);1H. The maximum Gasteiger partial charge on any atom is 0.213 e. The largest absolute Gasteiger partial charge is 0.481 e. The molecular formula is C17H22FIN4O. The molecule has 1 aromatic carbocycles. The van der Waals surface area contributed by atoms with Crippen LogP contribution in [0.1, 0.15) is 16.8 Å². The van der Waals surface area contributed by atoms with Crippen molar-refractivity contribution in [1.29, 1.82) is 0 Å². The number of pyridine rings is 1. The number of aliphatic imine (C=N–C) groups is 1. The first-order valence-corrected chi connectivity index (χ1v) is 7.32. The summed E-state index contributed by atoms with van der Waals surface area (Å²) in [6.45, 7) is 2.84. The lowest BCUT2D eigenvalue weighted by Crippen LogP contribution is -2.36. The Hall–Kier alpha value is -1.90. The summed E-state index contributed by atoms with van der Waals surface area (Å²) in [5, 5.41) is 6.37. The van der Waals surface area contributed by atoms with E-state index in [1.165, 1.54) is 6.07 Å². The molecular weight excluding hydrogens is 422 g/mol. The molecule has 0 saturated carbocycles. The summed E-state index contributed by atoms with van der Waals surface area (Å²) in [5.74, 6) is 1.03. The van der Waals surface area contributed by atoms with Gasteiger partial charge in [0.15, 0.2) is 5.96 Å². The fourth-order valence-corrected chi connectivity index (χ4v) is 2.07. The molecule has 0 bridgehead atoms. The highest BCUT2D eigenvalue weighted by atomic mass is 127. The van der Waals surface area contributed by atoms with Crippen molar-refractivity contribution >= 4 is 29.9 Å². The van der Waals surface area contributed by atoms with Crippen molar-refractivity contribution in [2.24, 2.45) is 4.99 Å². The lowest BCUT2D eigenvalue weighted by atomic mass is 10.1. The average molecular weight is 444 g/mol. The van der Waals surface area contributed by atoms with E-state index >= 15 is 0 Å². The van der Waals surface area contributed by atoms with Crippen LogP contribution in [-0.2, 0) is 13.1 Å². The normalized spacial score (nSPS) is 10.8. The third-order valence-electron chi connectivity index (χ3n) is 3.33. The number of halogens is 2. The van der Waals surface area contributed by atoms with Gasteiger partial charge in [0, 0.05) is 19.7 Å². The Bertz CT molecular complexity index is 694. The molecule has 0 radical (unpaired) electrons. The molecule has 2 rings (SSSR count). The minimum atomic E-state index is -0.194. The third-order valence-corrected chi connectivity index (χ3v) is 3.33. The van der Waals surface area contributed by atoms with Crippen LogP contribution >= 0.6 is 24.0 Å². The summed E-state index contributed by atoms with van der Waals surface area (Å²) in [7, 11) is 3.29. The fourth-order valence-electron chi connectivity index (χ4n) is 2.07. The molecule has 2 aromatic rings. The summed E-state index contributed by atoms with van der Waals surface area (Å²) in [6, 6.07) is 10.6. The Morgan fingerprint density at radius 3 is 2.62 bits per heavy atom. The Balaban J connectivity index is 0.00000288. The van der Waals surface area contributed by atoms with Gasteiger partial charge in [0.05, 0.1) is 19.3 Å². The molecule has 0 saturated heterocycles. The van der Waals surface area contributed by atoms with Crippen LogP contribution in [0.5, 0.6) is 5.88 Å². The van der Waals surface area contributed by atoms with E-state index < -0.39 is 0 Å². The highest BCUT2D eigenvalue weighted by Gasteiger charge is 2.03. The zero-order valence-electron chi connectivity index (χ0n) is 14.0. The van der Waals surface area contributed by atoms with Crippen LogP contribution < -0.4 is 15.4 Å². The fraction of sp³-hybridized carbons (Fsp3) is 0.294. The monoisotopic (exact) mass is 444 g/mol. The maximum absolute atomic E-state index is 13.3. The molecule has 130 valence electrons. The van der Waals surface area contributed by atoms with Crippen molar-refractivity contribution in [2.75, 3.05) is 14.2 Å². The van der Waals surface area contributed by atoms with Gasteiger partial charge in [0.2, 0.25) is 5.88 Å². The minimum Gasteiger partial charge on any atom is -0.481 e. The Morgan fingerprint density at radius 2 is 1.96 bits per heavy atom. The summed E-state index contributed by atoms with van der Waals surface area (Å²) in [4.78, 5) is 8.49. The number of nitrogens with zero attached hydrogens (tertiary/aromatic N) is 2. The number of methoxy groups -OCH3 is 1. The van der Waals surface area contributed by atoms with Crippen molar-refractivity contribution in [1.82, 2.24) is 15.6 Å². The number of ether oxygens (including phenoxy) is 1. The predicted octanol–water partition coefficient (Wildman–Crippen LogP) is 3.02. The van der Waals surface area contributed by atoms with Crippen LogP contribution in [0.3, 0.4) is 0 Å². The van der Waals surface area contributed by atoms with Crippen LogP contribution in [0.2, 0.25) is 0 Å². The van der Waals surface area contributed by atoms with Crippen molar-refractivity contribution < 1.29 is 9.13 Å². The highest BCUT2D eigenvalue weighted by Crippen LogP contribution is 2.09. The number of nitrogens with one attached hydrogen (secondary N) is 2. The molecule has 0 unspecified atom stereocenters. The molecule has 0 spiro atoms. The van der Waals surface area contributed by atoms with Crippen molar-refractivity contribution in [3.63, 3.8) is 0 Å². The zero-order valence-corrected chi connectivity index (χ0v) is 16.3. The molecule has 7 heteroatoms. The van der Waals surface area contributed by atoms with E-state index in [0.29, 0.717) is 30.5 Å². The van der Waals surface area contributed by atoms with Crippen molar-refractivity contribution in [3.05, 3.63) is 59.0 Å². The molecule has 0 aliphatic heterocycles. The first-order valence-electron chi connectivity index (χ1n) is 7.32. The second-order valence-electron chi connectivity index (χ2n) is 5.03. The third kappa shape index (κ3) is 5.95. The SMILES string of the molecule is CN=C(NCc1ccc(F)c(C)c1)NCc1cccc(OC)n1.I. The quantitative estimate of drug-likeness (QED) is 0.423. The van der Waals surface area contributed by atoms with Gasteiger partial charge in [-0.2, -0.15) is 0 Å². The number of aryl methyl sites for hydroxylation is 1. The van der Waals surface area contributed by atoms with Crippen molar-refractivity contribution in [3.8, 4) is 5.88 Å². The average Bonchev–Trinajstić information content (AvgIpc) is 2.58. The number of benzene rings is 1. The summed E-state index contributed by atoms with van der Waals surface area (Å²) < 4.78 is 18.4. The van der Waals surface area contributed by atoms with Crippen LogP contribution in [-0.4, -0.2) is 25.1 Å². The van der Waals surface area contributed by atoms with Gasteiger partial charge in [-0.3, -0.25) is 4.99 Å². The number of hydrogen-bond acceptors (Lipinski definition) is 3. The van der Waals surface area contributed by atoms with Gasteiger partial charge in [0.1, 0.15) is 5.82 Å². The molecule has 24 heavy (non-hydrogen) atoms. The van der Waals surface area contributed by atoms with Gasteiger partial charge in [-0.05, 0) is 30.2 Å². The van der Waals surface area contributed by atoms with Gasteiger partial charge in [-0.1, -0.05) is 18.2 Å². The van der Waals surface area contributed by atoms with Gasteiger partial charge in [-0.15, -0.1) is 24.0 Å². The van der Waals surface area contributed by atoms with E-state index in [1.54, 1.807) is 33.2 Å². The molecule has 1 heterocycles. The van der Waals surface area contributed by atoms with Gasteiger partial charge < -0.3 is 15.4 Å². The van der Waals surface area contributed by atoms with Gasteiger partial charge >= 0.3 is 0 Å². The first kappa shape index (κ1) is 20.1. The summed E-state index contributed by atoms with van der Waals surface area (Å²) in [6.07, 6.45) is 0. The van der Waals surface area contributed by atoms with E-state index in [2.05, 4.69) is 20.6 Å². The molecule has 0 aliphatic carbocycles. The van der Waals surface area contributed by atoms with E-state index in [0.717, 1.165) is 11.3 Å². The van der Waals surface area contributed by atoms with E-state index in [4.69, 9.17) is 4.74 Å². The first-order chi connectivity index (χ1) is 11.1. The number of guanidine groups is 1. The molecule has 0 atom stereocenters. The molecule has 0 aliphatic rings. The van der Waals surface area contributed by atoms with E-state index in [-0.39, 0.29) is 29.8 Å². The lowest BCUT2D eigenvalue weighted by molar-refractivity contribution is 0.396. The number of hydrogen-bond donors (Lipinski definition) is 2.